The predicted molar refractivity (Wildman–Crippen MR) is 67.9 cm³/mol. The summed E-state index contributed by atoms with van der Waals surface area (Å²) in [6.45, 7) is 9.15. The molecule has 0 saturated carbocycles. The SMILES string of the molecule is CCCNCCN(C)c1cc(C)nc(C)n1. The van der Waals surface area contributed by atoms with E-state index in [-0.39, 0.29) is 0 Å². The van der Waals surface area contributed by atoms with Crippen molar-refractivity contribution < 1.29 is 0 Å². The van der Waals surface area contributed by atoms with Crippen molar-refractivity contribution in [3.8, 4) is 0 Å². The lowest BCUT2D eigenvalue weighted by Gasteiger charge is -2.19. The van der Waals surface area contributed by atoms with Crippen LogP contribution in [0, 0.1) is 13.8 Å². The highest BCUT2D eigenvalue weighted by Crippen LogP contribution is 2.09. The molecule has 1 aromatic heterocycles. The quantitative estimate of drug-likeness (QED) is 0.741. The fourth-order valence-corrected chi connectivity index (χ4v) is 1.56. The number of aromatic nitrogens is 2. The molecule has 1 rings (SSSR count). The number of rotatable bonds is 6. The Balaban J connectivity index is 2.48. The van der Waals surface area contributed by atoms with Gasteiger partial charge >= 0.3 is 0 Å². The van der Waals surface area contributed by atoms with E-state index in [1.807, 2.05) is 19.9 Å². The van der Waals surface area contributed by atoms with E-state index in [1.54, 1.807) is 0 Å². The Labute approximate surface area is 98.1 Å². The molecule has 0 aromatic carbocycles. The Hall–Kier alpha value is -1.16. The van der Waals surface area contributed by atoms with E-state index in [2.05, 4.69) is 34.2 Å². The van der Waals surface area contributed by atoms with Crippen LogP contribution in [0.1, 0.15) is 24.9 Å². The molecule has 0 atom stereocenters. The monoisotopic (exact) mass is 222 g/mol. The molecule has 1 aromatic rings. The minimum atomic E-state index is 0.836. The van der Waals surface area contributed by atoms with Gasteiger partial charge in [0.15, 0.2) is 0 Å². The normalized spacial score (nSPS) is 10.5. The van der Waals surface area contributed by atoms with Gasteiger partial charge in [0, 0.05) is 31.9 Å². The summed E-state index contributed by atoms with van der Waals surface area (Å²) in [6.07, 6.45) is 1.18. The van der Waals surface area contributed by atoms with Gasteiger partial charge in [-0.05, 0) is 26.8 Å². The zero-order valence-electron chi connectivity index (χ0n) is 10.7. The second-order valence-electron chi connectivity index (χ2n) is 4.09. The van der Waals surface area contributed by atoms with Crippen molar-refractivity contribution in [2.75, 3.05) is 31.6 Å². The number of hydrogen-bond acceptors (Lipinski definition) is 4. The Kier molecular flexibility index (Phi) is 5.19. The summed E-state index contributed by atoms with van der Waals surface area (Å²) >= 11 is 0. The number of hydrogen-bond donors (Lipinski definition) is 1. The van der Waals surface area contributed by atoms with Crippen LogP contribution in [0.15, 0.2) is 6.07 Å². The van der Waals surface area contributed by atoms with Crippen LogP contribution in [0.3, 0.4) is 0 Å². The van der Waals surface area contributed by atoms with Crippen LogP contribution < -0.4 is 10.2 Å². The van der Waals surface area contributed by atoms with E-state index < -0.39 is 0 Å². The molecule has 0 radical (unpaired) electrons. The van der Waals surface area contributed by atoms with E-state index in [9.17, 15) is 0 Å². The molecule has 0 aliphatic rings. The molecule has 1 N–H and O–H groups in total. The van der Waals surface area contributed by atoms with Crippen molar-refractivity contribution in [1.82, 2.24) is 15.3 Å². The van der Waals surface area contributed by atoms with Crippen molar-refractivity contribution in [3.63, 3.8) is 0 Å². The molecule has 0 aliphatic heterocycles. The highest BCUT2D eigenvalue weighted by Gasteiger charge is 2.03. The number of nitrogens with one attached hydrogen (secondary N) is 1. The maximum atomic E-state index is 4.42. The van der Waals surface area contributed by atoms with Gasteiger partial charge in [0.1, 0.15) is 11.6 Å². The van der Waals surface area contributed by atoms with Gasteiger partial charge in [0.05, 0.1) is 0 Å². The summed E-state index contributed by atoms with van der Waals surface area (Å²) in [4.78, 5) is 10.8. The van der Waals surface area contributed by atoms with Gasteiger partial charge in [-0.15, -0.1) is 0 Å². The molecule has 16 heavy (non-hydrogen) atoms. The molecule has 0 saturated heterocycles. The molecule has 4 nitrogen and oxygen atoms in total. The van der Waals surface area contributed by atoms with Crippen LogP contribution in [0.5, 0.6) is 0 Å². The van der Waals surface area contributed by atoms with Crippen LogP contribution in [-0.2, 0) is 0 Å². The Morgan fingerprint density at radius 2 is 2.00 bits per heavy atom. The van der Waals surface area contributed by atoms with E-state index in [0.29, 0.717) is 0 Å². The second kappa shape index (κ2) is 6.43. The molecule has 0 amide bonds. The third kappa shape index (κ3) is 4.14. The first-order valence-corrected chi connectivity index (χ1v) is 5.87. The lowest BCUT2D eigenvalue weighted by molar-refractivity contribution is 0.663. The summed E-state index contributed by atoms with van der Waals surface area (Å²) in [6, 6.07) is 2.02. The van der Waals surface area contributed by atoms with E-state index in [1.165, 1.54) is 6.42 Å². The standard InChI is InChI=1S/C12H22N4/c1-5-6-13-7-8-16(4)12-9-10(2)14-11(3)15-12/h9,13H,5-8H2,1-4H3. The van der Waals surface area contributed by atoms with Gasteiger partial charge in [-0.2, -0.15) is 0 Å². The minimum Gasteiger partial charge on any atom is -0.358 e. The minimum absolute atomic E-state index is 0.836. The maximum Gasteiger partial charge on any atom is 0.132 e. The lowest BCUT2D eigenvalue weighted by atomic mass is 10.4. The molecule has 4 heteroatoms. The highest BCUT2D eigenvalue weighted by atomic mass is 15.2. The summed E-state index contributed by atoms with van der Waals surface area (Å²) in [5.74, 6) is 1.84. The number of nitrogens with zero attached hydrogens (tertiary/aromatic N) is 3. The molecule has 0 spiro atoms. The van der Waals surface area contributed by atoms with Crippen molar-refractivity contribution >= 4 is 5.82 Å². The third-order valence-corrected chi connectivity index (χ3v) is 2.39. The van der Waals surface area contributed by atoms with Gasteiger partial charge in [-0.3, -0.25) is 0 Å². The second-order valence-corrected chi connectivity index (χ2v) is 4.09. The third-order valence-electron chi connectivity index (χ3n) is 2.39. The van der Waals surface area contributed by atoms with Gasteiger partial charge in [0.25, 0.3) is 0 Å². The Morgan fingerprint density at radius 3 is 2.62 bits per heavy atom. The summed E-state index contributed by atoms with van der Waals surface area (Å²) in [5, 5.41) is 3.38. The average Bonchev–Trinajstić information content (AvgIpc) is 2.22. The first kappa shape index (κ1) is 12.9. The molecule has 90 valence electrons. The first-order chi connectivity index (χ1) is 7.63. The zero-order chi connectivity index (χ0) is 12.0. The number of aryl methyl sites for hydroxylation is 2. The average molecular weight is 222 g/mol. The summed E-state index contributed by atoms with van der Waals surface area (Å²) < 4.78 is 0. The smallest absolute Gasteiger partial charge is 0.132 e. The largest absolute Gasteiger partial charge is 0.358 e. The zero-order valence-corrected chi connectivity index (χ0v) is 10.7. The van der Waals surface area contributed by atoms with Crippen LogP contribution in [-0.4, -0.2) is 36.6 Å². The summed E-state index contributed by atoms with van der Waals surface area (Å²) in [7, 11) is 2.06. The molecule has 0 aliphatic carbocycles. The highest BCUT2D eigenvalue weighted by molar-refractivity contribution is 5.38. The topological polar surface area (TPSA) is 41.0 Å². The van der Waals surface area contributed by atoms with Gasteiger partial charge in [-0.25, -0.2) is 9.97 Å². The first-order valence-electron chi connectivity index (χ1n) is 5.87. The van der Waals surface area contributed by atoms with Crippen molar-refractivity contribution in [2.24, 2.45) is 0 Å². The van der Waals surface area contributed by atoms with Crippen molar-refractivity contribution in [3.05, 3.63) is 17.6 Å². The van der Waals surface area contributed by atoms with E-state index in [0.717, 1.165) is 37.0 Å². The number of anilines is 1. The Bertz CT molecular complexity index is 305. The molecule has 0 unspecified atom stereocenters. The summed E-state index contributed by atoms with van der Waals surface area (Å²) in [5.41, 5.74) is 1.02. The van der Waals surface area contributed by atoms with Crippen molar-refractivity contribution in [2.45, 2.75) is 27.2 Å². The molecular formula is C12H22N4. The van der Waals surface area contributed by atoms with Crippen LogP contribution in [0.2, 0.25) is 0 Å². The lowest BCUT2D eigenvalue weighted by Crippen LogP contribution is -2.30. The Morgan fingerprint density at radius 1 is 1.25 bits per heavy atom. The van der Waals surface area contributed by atoms with Crippen molar-refractivity contribution in [1.29, 1.82) is 0 Å². The molecule has 0 fully saturated rings. The fourth-order valence-electron chi connectivity index (χ4n) is 1.56. The van der Waals surface area contributed by atoms with E-state index >= 15 is 0 Å². The predicted octanol–water partition coefficient (Wildman–Crippen LogP) is 1.53. The molecule has 0 bridgehead atoms. The fraction of sp³-hybridized carbons (Fsp3) is 0.667. The van der Waals surface area contributed by atoms with Crippen LogP contribution >= 0.6 is 0 Å². The molecular weight excluding hydrogens is 200 g/mol. The van der Waals surface area contributed by atoms with Crippen LogP contribution in [0.25, 0.3) is 0 Å². The van der Waals surface area contributed by atoms with E-state index in [4.69, 9.17) is 0 Å². The van der Waals surface area contributed by atoms with Gasteiger partial charge in [-0.1, -0.05) is 6.92 Å². The van der Waals surface area contributed by atoms with Gasteiger partial charge in [0.2, 0.25) is 0 Å². The van der Waals surface area contributed by atoms with Gasteiger partial charge < -0.3 is 10.2 Å². The number of likely N-dealkylation sites (N-methyl/N-ethyl adjacent to an activating group) is 1. The maximum absolute atomic E-state index is 4.42. The molecule has 1 heterocycles. The van der Waals surface area contributed by atoms with Crippen LogP contribution in [0.4, 0.5) is 5.82 Å².